The van der Waals surface area contributed by atoms with Gasteiger partial charge >= 0.3 is 6.18 Å². The van der Waals surface area contributed by atoms with Crippen molar-refractivity contribution in [3.8, 4) is 0 Å². The molecule has 0 spiro atoms. The molecular weight excluding hydrogens is 305 g/mol. The smallest absolute Gasteiger partial charge is 0.290 e. The summed E-state index contributed by atoms with van der Waals surface area (Å²) in [4.78, 5) is 15.2. The number of hydrogen-bond acceptors (Lipinski definition) is 4. The molecule has 2 aromatic heterocycles. The van der Waals surface area contributed by atoms with Crippen LogP contribution in [0.2, 0.25) is 5.02 Å². The fraction of sp³-hybridized carbons (Fsp3) is 0.222. The van der Waals surface area contributed by atoms with Crippen LogP contribution in [0.15, 0.2) is 11.4 Å². The quantitative estimate of drug-likeness (QED) is 0.928. The average Bonchev–Trinajstić information content (AvgIpc) is 2.85. The summed E-state index contributed by atoms with van der Waals surface area (Å²) in [5.41, 5.74) is 0. The zero-order chi connectivity index (χ0) is 14.2. The number of aromatic nitrogens is 3. The maximum absolute atomic E-state index is 12.4. The predicted molar refractivity (Wildman–Crippen MR) is 63.3 cm³/mol. The highest BCUT2D eigenvalue weighted by Gasteiger charge is 2.37. The molecule has 0 atom stereocenters. The molecule has 19 heavy (non-hydrogen) atoms. The molecule has 0 saturated heterocycles. The Balaban J connectivity index is 2.20. The van der Waals surface area contributed by atoms with E-state index in [1.54, 1.807) is 0 Å². The van der Waals surface area contributed by atoms with Gasteiger partial charge in [0.05, 0.1) is 9.90 Å². The van der Waals surface area contributed by atoms with Gasteiger partial charge in [-0.1, -0.05) is 11.6 Å². The number of nitrogens with one attached hydrogen (secondary N) is 1. The van der Waals surface area contributed by atoms with Crippen molar-refractivity contribution in [1.29, 1.82) is 0 Å². The van der Waals surface area contributed by atoms with Crippen molar-refractivity contribution in [2.75, 3.05) is 5.32 Å². The minimum atomic E-state index is -4.66. The average molecular weight is 311 g/mol. The molecular formula is C9H6ClF3N4OS. The minimum Gasteiger partial charge on any atom is -0.290 e. The van der Waals surface area contributed by atoms with E-state index in [-0.39, 0.29) is 10.8 Å². The first kappa shape index (κ1) is 13.8. The molecule has 1 N–H and O–H groups in total. The summed E-state index contributed by atoms with van der Waals surface area (Å²) in [5, 5.41) is 7.33. The van der Waals surface area contributed by atoms with E-state index >= 15 is 0 Å². The Morgan fingerprint density at radius 3 is 2.68 bits per heavy atom. The molecule has 102 valence electrons. The second kappa shape index (κ2) is 4.82. The normalized spacial score (nSPS) is 11.6. The van der Waals surface area contributed by atoms with Crippen LogP contribution in [-0.2, 0) is 13.2 Å². The minimum absolute atomic E-state index is 0.265. The van der Waals surface area contributed by atoms with Gasteiger partial charge in [0.25, 0.3) is 11.7 Å². The number of thiophene rings is 1. The van der Waals surface area contributed by atoms with E-state index in [1.807, 2.05) is 0 Å². The Bertz CT molecular complexity index is 621. The van der Waals surface area contributed by atoms with Crippen LogP contribution in [0.5, 0.6) is 0 Å². The molecule has 10 heteroatoms. The molecule has 2 rings (SSSR count). The molecule has 1 amide bonds. The maximum atomic E-state index is 12.4. The second-order valence-electron chi connectivity index (χ2n) is 3.46. The fourth-order valence-electron chi connectivity index (χ4n) is 1.21. The first-order valence-corrected chi connectivity index (χ1v) is 6.07. The van der Waals surface area contributed by atoms with E-state index in [0.717, 1.165) is 16.0 Å². The van der Waals surface area contributed by atoms with Gasteiger partial charge in [-0.2, -0.15) is 18.2 Å². The van der Waals surface area contributed by atoms with Crippen molar-refractivity contribution in [3.63, 3.8) is 0 Å². The molecule has 0 aliphatic carbocycles. The van der Waals surface area contributed by atoms with E-state index in [4.69, 9.17) is 11.6 Å². The van der Waals surface area contributed by atoms with Gasteiger partial charge in [0.2, 0.25) is 5.95 Å². The number of halogens is 4. The van der Waals surface area contributed by atoms with Crippen molar-refractivity contribution in [1.82, 2.24) is 14.8 Å². The second-order valence-corrected chi connectivity index (χ2v) is 4.81. The lowest BCUT2D eigenvalue weighted by Crippen LogP contribution is -2.14. The first-order valence-electron chi connectivity index (χ1n) is 4.81. The number of aryl methyl sites for hydroxylation is 1. The van der Waals surface area contributed by atoms with Gasteiger partial charge in [-0.05, 0) is 6.07 Å². The van der Waals surface area contributed by atoms with Crippen molar-refractivity contribution < 1.29 is 18.0 Å². The molecule has 5 nitrogen and oxygen atoms in total. The Hall–Kier alpha value is -1.61. The highest BCUT2D eigenvalue weighted by Crippen LogP contribution is 2.27. The van der Waals surface area contributed by atoms with Crippen LogP contribution >= 0.6 is 22.9 Å². The Morgan fingerprint density at radius 2 is 2.21 bits per heavy atom. The molecule has 0 bridgehead atoms. The largest absolute Gasteiger partial charge is 0.453 e. The molecule has 0 unspecified atom stereocenters. The van der Waals surface area contributed by atoms with Crippen molar-refractivity contribution >= 4 is 34.8 Å². The van der Waals surface area contributed by atoms with Crippen LogP contribution in [0.25, 0.3) is 0 Å². The lowest BCUT2D eigenvalue weighted by atomic mass is 10.4. The van der Waals surface area contributed by atoms with Crippen LogP contribution in [0.3, 0.4) is 0 Å². The van der Waals surface area contributed by atoms with E-state index in [9.17, 15) is 18.0 Å². The number of carbonyl (C=O) groups is 1. The lowest BCUT2D eigenvalue weighted by molar-refractivity contribution is -0.144. The van der Waals surface area contributed by atoms with Gasteiger partial charge in [-0.3, -0.25) is 10.1 Å². The summed E-state index contributed by atoms with van der Waals surface area (Å²) in [5.74, 6) is -2.20. The standard InChI is InChI=1S/C9H6ClF3N4OS/c1-17-8(15-7(16-17)9(11,12)13)14-6(18)5-2-4(10)3-19-5/h2-3H,1H3,(H,14,15,16,18). The number of carbonyl (C=O) groups excluding carboxylic acids is 1. The van der Waals surface area contributed by atoms with Crippen LogP contribution in [0, 0.1) is 0 Å². The summed E-state index contributed by atoms with van der Waals surface area (Å²) in [6, 6.07) is 1.41. The zero-order valence-corrected chi connectivity index (χ0v) is 10.9. The number of anilines is 1. The highest BCUT2D eigenvalue weighted by atomic mass is 35.5. The van der Waals surface area contributed by atoms with E-state index in [0.29, 0.717) is 5.02 Å². The monoisotopic (exact) mass is 310 g/mol. The molecule has 0 aromatic carbocycles. The third kappa shape index (κ3) is 3.04. The molecule has 0 aliphatic heterocycles. The van der Waals surface area contributed by atoms with Gasteiger partial charge in [0.1, 0.15) is 0 Å². The van der Waals surface area contributed by atoms with Gasteiger partial charge in [0, 0.05) is 12.4 Å². The van der Waals surface area contributed by atoms with Crippen molar-refractivity contribution in [3.05, 3.63) is 27.2 Å². The summed E-state index contributed by atoms with van der Waals surface area (Å²) >= 11 is 6.72. The Labute approximate surface area is 114 Å². The van der Waals surface area contributed by atoms with Gasteiger partial charge in [0.15, 0.2) is 0 Å². The van der Waals surface area contributed by atoms with Crippen LogP contribution < -0.4 is 5.32 Å². The van der Waals surface area contributed by atoms with Gasteiger partial charge in [-0.15, -0.1) is 16.4 Å². The van der Waals surface area contributed by atoms with Crippen LogP contribution in [-0.4, -0.2) is 20.7 Å². The predicted octanol–water partition coefficient (Wildman–Crippen LogP) is 2.80. The molecule has 0 saturated carbocycles. The van der Waals surface area contributed by atoms with Gasteiger partial charge < -0.3 is 0 Å². The summed E-state index contributed by atoms with van der Waals surface area (Å²) in [6.07, 6.45) is -4.66. The Kier molecular flexibility index (Phi) is 3.50. The SMILES string of the molecule is Cn1nc(C(F)(F)F)nc1NC(=O)c1cc(Cl)cs1. The number of alkyl halides is 3. The third-order valence-electron chi connectivity index (χ3n) is 2.03. The number of hydrogen-bond donors (Lipinski definition) is 1. The summed E-state index contributed by atoms with van der Waals surface area (Å²) in [6.45, 7) is 0. The van der Waals surface area contributed by atoms with Crippen molar-refractivity contribution in [2.45, 2.75) is 6.18 Å². The number of nitrogens with zero attached hydrogens (tertiary/aromatic N) is 3. The Morgan fingerprint density at radius 1 is 1.53 bits per heavy atom. The number of rotatable bonds is 2. The molecule has 0 fully saturated rings. The van der Waals surface area contributed by atoms with E-state index < -0.39 is 17.9 Å². The summed E-state index contributed by atoms with van der Waals surface area (Å²) in [7, 11) is 1.25. The topological polar surface area (TPSA) is 59.8 Å². The fourth-order valence-corrected chi connectivity index (χ4v) is 2.18. The van der Waals surface area contributed by atoms with Crippen LogP contribution in [0.4, 0.5) is 19.1 Å². The number of amides is 1. The van der Waals surface area contributed by atoms with E-state index in [2.05, 4.69) is 15.4 Å². The van der Waals surface area contributed by atoms with Gasteiger partial charge in [-0.25, -0.2) is 4.68 Å². The van der Waals surface area contributed by atoms with Crippen LogP contribution in [0.1, 0.15) is 15.5 Å². The first-order chi connectivity index (χ1) is 8.77. The maximum Gasteiger partial charge on any atom is 0.453 e. The third-order valence-corrected chi connectivity index (χ3v) is 3.31. The lowest BCUT2D eigenvalue weighted by Gasteiger charge is -2.00. The van der Waals surface area contributed by atoms with Crippen molar-refractivity contribution in [2.24, 2.45) is 7.05 Å². The highest BCUT2D eigenvalue weighted by molar-refractivity contribution is 7.12. The van der Waals surface area contributed by atoms with E-state index in [1.165, 1.54) is 18.5 Å². The molecule has 2 heterocycles. The molecule has 0 aliphatic rings. The molecule has 0 radical (unpaired) electrons. The molecule has 2 aromatic rings. The zero-order valence-electron chi connectivity index (χ0n) is 9.32. The summed E-state index contributed by atoms with van der Waals surface area (Å²) < 4.78 is 38.0.